The van der Waals surface area contributed by atoms with Crippen LogP contribution in [0.3, 0.4) is 0 Å². The highest BCUT2D eigenvalue weighted by molar-refractivity contribution is 5.26. The summed E-state index contributed by atoms with van der Waals surface area (Å²) in [6, 6.07) is 5.82. The minimum atomic E-state index is -2.89. The number of benzene rings is 1. The summed E-state index contributed by atoms with van der Waals surface area (Å²) in [4.78, 5) is 0. The normalized spacial score (nSPS) is 22.6. The molecule has 1 atom stereocenters. The smallest absolute Gasteiger partial charge is 0.387 e. The second kappa shape index (κ2) is 9.06. The maximum absolute atomic E-state index is 13.3. The number of rotatable bonds is 8. The lowest BCUT2D eigenvalue weighted by atomic mass is 9.79. The molecule has 0 aromatic heterocycles. The minimum Gasteiger partial charge on any atom is -0.435 e. The van der Waals surface area contributed by atoms with Crippen LogP contribution in [0, 0.1) is 11.8 Å². The van der Waals surface area contributed by atoms with Gasteiger partial charge in [0.1, 0.15) is 11.9 Å². The van der Waals surface area contributed by atoms with E-state index >= 15 is 0 Å². The number of hydrogen-bond acceptors (Lipinski definition) is 2. The van der Waals surface area contributed by atoms with E-state index < -0.39 is 19.1 Å². The molecule has 1 aliphatic rings. The van der Waals surface area contributed by atoms with Gasteiger partial charge in [0, 0.05) is 0 Å². The first-order valence-electron chi connectivity index (χ1n) is 8.05. The van der Waals surface area contributed by atoms with Crippen molar-refractivity contribution in [2.75, 3.05) is 0 Å². The first kappa shape index (κ1) is 18.8. The molecule has 1 fully saturated rings. The molecule has 0 saturated heterocycles. The van der Waals surface area contributed by atoms with E-state index in [1.165, 1.54) is 24.3 Å². The van der Waals surface area contributed by atoms with Crippen LogP contribution in [0.2, 0.25) is 0 Å². The van der Waals surface area contributed by atoms with Crippen molar-refractivity contribution in [1.29, 1.82) is 0 Å². The lowest BCUT2D eigenvalue weighted by Gasteiger charge is -2.32. The molecule has 2 nitrogen and oxygen atoms in total. The Morgan fingerprint density at radius 3 is 2.17 bits per heavy atom. The Hall–Kier alpha value is -1.56. The second-order valence-corrected chi connectivity index (χ2v) is 6.04. The average Bonchev–Trinajstić information content (AvgIpc) is 2.56. The van der Waals surface area contributed by atoms with Crippen molar-refractivity contribution in [3.8, 4) is 5.75 Å². The van der Waals surface area contributed by atoms with E-state index in [1.807, 2.05) is 6.08 Å². The van der Waals surface area contributed by atoms with Gasteiger partial charge in [-0.05, 0) is 55.2 Å². The zero-order valence-corrected chi connectivity index (χ0v) is 13.3. The van der Waals surface area contributed by atoms with Crippen LogP contribution in [0.4, 0.5) is 17.6 Å². The van der Waals surface area contributed by atoms with Gasteiger partial charge >= 0.3 is 6.61 Å². The summed E-state index contributed by atoms with van der Waals surface area (Å²) in [5.41, 5.74) is 0.641. The molecule has 1 aromatic rings. The Kier molecular flexibility index (Phi) is 7.09. The highest BCUT2D eigenvalue weighted by Crippen LogP contribution is 2.34. The standard InChI is InChI=1S/C18H22F4O2/c1-2-12-3-7-14(8-4-12)16(17(19)20)23-11-13-5-9-15(10-6-13)24-18(21)22/h2,5-6,9-10,12,14,16-18H,1,3-4,7-8,11H2. The van der Waals surface area contributed by atoms with Gasteiger partial charge in [-0.15, -0.1) is 6.58 Å². The molecule has 0 spiro atoms. The van der Waals surface area contributed by atoms with Crippen LogP contribution in [-0.2, 0) is 11.3 Å². The summed E-state index contributed by atoms with van der Waals surface area (Å²) in [7, 11) is 0. The van der Waals surface area contributed by atoms with E-state index in [2.05, 4.69) is 11.3 Å². The topological polar surface area (TPSA) is 18.5 Å². The molecule has 0 heterocycles. The highest BCUT2D eigenvalue weighted by atomic mass is 19.3. The third-order valence-corrected chi connectivity index (χ3v) is 4.45. The van der Waals surface area contributed by atoms with Gasteiger partial charge < -0.3 is 9.47 Å². The number of hydrogen-bond donors (Lipinski definition) is 0. The van der Waals surface area contributed by atoms with Crippen molar-refractivity contribution in [3.05, 3.63) is 42.5 Å². The largest absolute Gasteiger partial charge is 0.435 e. The molecular formula is C18H22F4O2. The number of allylic oxidation sites excluding steroid dienone is 1. The van der Waals surface area contributed by atoms with Gasteiger partial charge in [0.25, 0.3) is 6.43 Å². The monoisotopic (exact) mass is 346 g/mol. The van der Waals surface area contributed by atoms with Crippen LogP contribution in [0.15, 0.2) is 36.9 Å². The van der Waals surface area contributed by atoms with E-state index in [1.54, 1.807) is 0 Å². The summed E-state index contributed by atoms with van der Waals surface area (Å²) < 4.78 is 60.5. The predicted octanol–water partition coefficient (Wildman–Crippen LogP) is 5.43. The predicted molar refractivity (Wildman–Crippen MR) is 83.3 cm³/mol. The lowest BCUT2D eigenvalue weighted by molar-refractivity contribution is -0.101. The number of alkyl halides is 4. The fourth-order valence-electron chi connectivity index (χ4n) is 3.08. The van der Waals surface area contributed by atoms with Crippen molar-refractivity contribution in [2.24, 2.45) is 11.8 Å². The van der Waals surface area contributed by atoms with Gasteiger partial charge in [-0.2, -0.15) is 8.78 Å². The van der Waals surface area contributed by atoms with Crippen molar-refractivity contribution in [2.45, 2.75) is 51.4 Å². The van der Waals surface area contributed by atoms with E-state index in [0.29, 0.717) is 24.3 Å². The fourth-order valence-corrected chi connectivity index (χ4v) is 3.08. The summed E-state index contributed by atoms with van der Waals surface area (Å²) >= 11 is 0. The Bertz CT molecular complexity index is 496. The molecule has 134 valence electrons. The highest BCUT2D eigenvalue weighted by Gasteiger charge is 2.33. The average molecular weight is 346 g/mol. The van der Waals surface area contributed by atoms with Gasteiger partial charge in [-0.1, -0.05) is 18.2 Å². The Morgan fingerprint density at radius 2 is 1.67 bits per heavy atom. The summed E-state index contributed by atoms with van der Waals surface area (Å²) in [6.45, 7) is 0.885. The number of halogens is 4. The van der Waals surface area contributed by atoms with Crippen LogP contribution in [-0.4, -0.2) is 19.1 Å². The van der Waals surface area contributed by atoms with Crippen LogP contribution in [0.25, 0.3) is 0 Å². The molecule has 0 radical (unpaired) electrons. The third-order valence-electron chi connectivity index (χ3n) is 4.45. The number of ether oxygens (including phenoxy) is 2. The van der Waals surface area contributed by atoms with Gasteiger partial charge in [-0.3, -0.25) is 0 Å². The molecule has 0 amide bonds. The maximum atomic E-state index is 13.3. The van der Waals surface area contributed by atoms with E-state index in [4.69, 9.17) is 4.74 Å². The van der Waals surface area contributed by atoms with Crippen molar-refractivity contribution >= 4 is 0 Å². The zero-order valence-electron chi connectivity index (χ0n) is 13.3. The van der Waals surface area contributed by atoms with Gasteiger partial charge in [0.15, 0.2) is 0 Å². The van der Waals surface area contributed by atoms with Crippen molar-refractivity contribution in [3.63, 3.8) is 0 Å². The maximum Gasteiger partial charge on any atom is 0.387 e. The molecule has 24 heavy (non-hydrogen) atoms. The van der Waals surface area contributed by atoms with Crippen LogP contribution < -0.4 is 4.74 Å². The Labute approximate surface area is 139 Å². The van der Waals surface area contributed by atoms with Gasteiger partial charge in [0.05, 0.1) is 6.61 Å². The SMILES string of the molecule is C=CC1CCC(C(OCc2ccc(OC(F)F)cc2)C(F)F)CC1. The van der Waals surface area contributed by atoms with Crippen LogP contribution in [0.1, 0.15) is 31.2 Å². The van der Waals surface area contributed by atoms with Crippen LogP contribution in [0.5, 0.6) is 5.75 Å². The quantitative estimate of drug-likeness (QED) is 0.461. The first-order valence-corrected chi connectivity index (χ1v) is 8.05. The van der Waals surface area contributed by atoms with Crippen molar-refractivity contribution in [1.82, 2.24) is 0 Å². The molecule has 2 rings (SSSR count). The minimum absolute atomic E-state index is 0.0192. The first-order chi connectivity index (χ1) is 11.5. The molecule has 1 saturated carbocycles. The molecule has 0 N–H and O–H groups in total. The summed E-state index contributed by atoms with van der Waals surface area (Å²) in [6.07, 6.45) is 1.36. The summed E-state index contributed by atoms with van der Waals surface area (Å²) in [5, 5.41) is 0. The van der Waals surface area contributed by atoms with Crippen LogP contribution >= 0.6 is 0 Å². The third kappa shape index (κ3) is 5.51. The fraction of sp³-hybridized carbons (Fsp3) is 0.556. The second-order valence-electron chi connectivity index (χ2n) is 6.04. The van der Waals surface area contributed by atoms with Gasteiger partial charge in [0.2, 0.25) is 0 Å². The van der Waals surface area contributed by atoms with E-state index in [9.17, 15) is 17.6 Å². The molecule has 1 aromatic carbocycles. The van der Waals surface area contributed by atoms with Gasteiger partial charge in [-0.25, -0.2) is 8.78 Å². The molecular weight excluding hydrogens is 324 g/mol. The molecule has 0 aliphatic heterocycles. The zero-order chi connectivity index (χ0) is 17.5. The molecule has 1 aliphatic carbocycles. The summed E-state index contributed by atoms with van der Waals surface area (Å²) in [5.74, 6) is 0.270. The van der Waals surface area contributed by atoms with E-state index in [-0.39, 0.29) is 18.3 Å². The molecule has 0 bridgehead atoms. The molecule has 1 unspecified atom stereocenters. The lowest BCUT2D eigenvalue weighted by Crippen LogP contribution is -2.33. The molecule has 6 heteroatoms. The Balaban J connectivity index is 1.88. The van der Waals surface area contributed by atoms with Crippen molar-refractivity contribution < 1.29 is 27.0 Å². The van der Waals surface area contributed by atoms with E-state index in [0.717, 1.165) is 12.8 Å². The Morgan fingerprint density at radius 1 is 1.04 bits per heavy atom.